The Morgan fingerprint density at radius 3 is 2.54 bits per heavy atom. The number of aryl methyl sites for hydroxylation is 2. The van der Waals surface area contributed by atoms with E-state index in [-0.39, 0.29) is 11.9 Å². The van der Waals surface area contributed by atoms with E-state index in [0.29, 0.717) is 26.4 Å². The second-order valence-corrected chi connectivity index (χ2v) is 7.77. The summed E-state index contributed by atoms with van der Waals surface area (Å²) in [6.07, 6.45) is 0.790. The lowest BCUT2D eigenvalue weighted by atomic mass is 9.94. The Morgan fingerprint density at radius 2 is 1.79 bits per heavy atom. The first-order valence-corrected chi connectivity index (χ1v) is 10.0. The molecule has 2 aliphatic rings. The summed E-state index contributed by atoms with van der Waals surface area (Å²) in [7, 11) is 0. The molecule has 2 aromatic carbocycles. The van der Waals surface area contributed by atoms with E-state index in [1.807, 2.05) is 6.07 Å². The van der Waals surface area contributed by atoms with Crippen LogP contribution < -0.4 is 10.1 Å². The molecular formula is C23H28N2O3. The van der Waals surface area contributed by atoms with Gasteiger partial charge in [-0.2, -0.15) is 0 Å². The zero-order valence-corrected chi connectivity index (χ0v) is 16.7. The Hall–Kier alpha value is -2.37. The molecule has 2 aliphatic heterocycles. The Kier molecular flexibility index (Phi) is 5.64. The SMILES string of the molecule is Cc1cc(C)cc(-c2ccc3c(c2)C(NC(=O)CN2CCOCC2)CCO3)c1. The number of fused-ring (bicyclic) bond motifs is 1. The van der Waals surface area contributed by atoms with Gasteiger partial charge in [-0.05, 0) is 37.1 Å². The first-order chi connectivity index (χ1) is 13.6. The fourth-order valence-electron chi connectivity index (χ4n) is 4.07. The highest BCUT2D eigenvalue weighted by Gasteiger charge is 2.25. The lowest BCUT2D eigenvalue weighted by Crippen LogP contribution is -2.44. The van der Waals surface area contributed by atoms with E-state index < -0.39 is 0 Å². The summed E-state index contributed by atoms with van der Waals surface area (Å²) in [5.74, 6) is 0.938. The normalized spacial score (nSPS) is 19.6. The van der Waals surface area contributed by atoms with Crippen LogP contribution in [0.5, 0.6) is 5.75 Å². The lowest BCUT2D eigenvalue weighted by Gasteiger charge is -2.30. The number of amides is 1. The molecule has 1 fully saturated rings. The van der Waals surface area contributed by atoms with Gasteiger partial charge in [0, 0.05) is 25.1 Å². The van der Waals surface area contributed by atoms with Crippen LogP contribution in [0, 0.1) is 13.8 Å². The topological polar surface area (TPSA) is 50.8 Å². The van der Waals surface area contributed by atoms with Crippen LogP contribution in [0.3, 0.4) is 0 Å². The van der Waals surface area contributed by atoms with Crippen molar-refractivity contribution in [3.05, 3.63) is 53.1 Å². The molecule has 1 N–H and O–H groups in total. The minimum atomic E-state index is -0.0110. The van der Waals surface area contributed by atoms with Gasteiger partial charge in [0.15, 0.2) is 0 Å². The molecule has 1 saturated heterocycles. The molecule has 0 radical (unpaired) electrons. The Balaban J connectivity index is 1.53. The molecule has 4 rings (SSSR count). The number of morpholine rings is 1. The predicted molar refractivity (Wildman–Crippen MR) is 110 cm³/mol. The second-order valence-electron chi connectivity index (χ2n) is 7.77. The lowest BCUT2D eigenvalue weighted by molar-refractivity contribution is -0.124. The van der Waals surface area contributed by atoms with Crippen LogP contribution >= 0.6 is 0 Å². The molecule has 0 spiro atoms. The second kappa shape index (κ2) is 8.33. The van der Waals surface area contributed by atoms with Gasteiger partial charge >= 0.3 is 0 Å². The minimum absolute atomic E-state index is 0.0110. The third-order valence-corrected chi connectivity index (χ3v) is 5.41. The van der Waals surface area contributed by atoms with E-state index in [2.05, 4.69) is 54.4 Å². The number of nitrogens with one attached hydrogen (secondary N) is 1. The van der Waals surface area contributed by atoms with E-state index in [1.165, 1.54) is 16.7 Å². The van der Waals surface area contributed by atoms with Crippen LogP contribution in [-0.4, -0.2) is 50.3 Å². The monoisotopic (exact) mass is 380 g/mol. The van der Waals surface area contributed by atoms with Crippen molar-refractivity contribution >= 4 is 5.91 Å². The average molecular weight is 380 g/mol. The largest absolute Gasteiger partial charge is 0.493 e. The Bertz CT molecular complexity index is 839. The molecule has 5 heteroatoms. The van der Waals surface area contributed by atoms with Gasteiger partial charge in [-0.3, -0.25) is 9.69 Å². The number of rotatable bonds is 4. The summed E-state index contributed by atoms with van der Waals surface area (Å²) in [5, 5.41) is 3.22. The standard InChI is InChI=1S/C23H28N2O3/c1-16-11-17(2)13-19(12-16)18-3-4-22-20(14-18)21(5-8-28-22)24-23(26)15-25-6-9-27-10-7-25/h3-4,11-14,21H,5-10,15H2,1-2H3,(H,24,26). The minimum Gasteiger partial charge on any atom is -0.493 e. The highest BCUT2D eigenvalue weighted by molar-refractivity contribution is 5.79. The molecule has 1 atom stereocenters. The highest BCUT2D eigenvalue weighted by Crippen LogP contribution is 2.36. The number of carbonyl (C=O) groups excluding carboxylic acids is 1. The van der Waals surface area contributed by atoms with E-state index in [4.69, 9.17) is 9.47 Å². The third kappa shape index (κ3) is 4.37. The van der Waals surface area contributed by atoms with E-state index in [1.54, 1.807) is 0 Å². The highest BCUT2D eigenvalue weighted by atomic mass is 16.5. The molecule has 0 bridgehead atoms. The van der Waals surface area contributed by atoms with Crippen molar-refractivity contribution in [1.82, 2.24) is 10.2 Å². The van der Waals surface area contributed by atoms with Gasteiger partial charge in [0.2, 0.25) is 5.91 Å². The first kappa shape index (κ1) is 19.0. The fourth-order valence-corrected chi connectivity index (χ4v) is 4.07. The number of benzene rings is 2. The summed E-state index contributed by atoms with van der Waals surface area (Å²) in [6, 6.07) is 12.9. The molecule has 0 aliphatic carbocycles. The number of nitrogens with zero attached hydrogens (tertiary/aromatic N) is 1. The van der Waals surface area contributed by atoms with Crippen LogP contribution in [-0.2, 0) is 9.53 Å². The van der Waals surface area contributed by atoms with Crippen molar-refractivity contribution in [2.45, 2.75) is 26.3 Å². The quantitative estimate of drug-likeness (QED) is 0.885. The Morgan fingerprint density at radius 1 is 1.04 bits per heavy atom. The molecule has 1 amide bonds. The van der Waals surface area contributed by atoms with Crippen LogP contribution in [0.4, 0.5) is 0 Å². The van der Waals surface area contributed by atoms with Crippen molar-refractivity contribution in [3.63, 3.8) is 0 Å². The predicted octanol–water partition coefficient (Wildman–Crippen LogP) is 3.24. The molecule has 28 heavy (non-hydrogen) atoms. The average Bonchev–Trinajstić information content (AvgIpc) is 2.68. The Labute approximate surface area is 166 Å². The van der Waals surface area contributed by atoms with Crippen molar-refractivity contribution in [3.8, 4) is 16.9 Å². The van der Waals surface area contributed by atoms with E-state index >= 15 is 0 Å². The summed E-state index contributed by atoms with van der Waals surface area (Å²) >= 11 is 0. The molecule has 2 heterocycles. The molecule has 1 unspecified atom stereocenters. The molecule has 0 aromatic heterocycles. The van der Waals surface area contributed by atoms with E-state index in [0.717, 1.165) is 36.4 Å². The zero-order valence-electron chi connectivity index (χ0n) is 16.7. The van der Waals surface area contributed by atoms with Gasteiger partial charge in [-0.25, -0.2) is 0 Å². The smallest absolute Gasteiger partial charge is 0.234 e. The number of ether oxygens (including phenoxy) is 2. The molecule has 5 nitrogen and oxygen atoms in total. The number of hydrogen-bond donors (Lipinski definition) is 1. The van der Waals surface area contributed by atoms with Crippen molar-refractivity contribution < 1.29 is 14.3 Å². The van der Waals surface area contributed by atoms with Crippen LogP contribution in [0.15, 0.2) is 36.4 Å². The van der Waals surface area contributed by atoms with Gasteiger partial charge in [-0.1, -0.05) is 35.4 Å². The summed E-state index contributed by atoms with van der Waals surface area (Å²) < 4.78 is 11.2. The first-order valence-electron chi connectivity index (χ1n) is 10.0. The van der Waals surface area contributed by atoms with Crippen molar-refractivity contribution in [2.24, 2.45) is 0 Å². The van der Waals surface area contributed by atoms with Crippen molar-refractivity contribution in [2.75, 3.05) is 39.5 Å². The molecule has 148 valence electrons. The summed E-state index contributed by atoms with van der Waals surface area (Å²) in [5.41, 5.74) is 5.92. The van der Waals surface area contributed by atoms with Gasteiger partial charge in [0.05, 0.1) is 32.4 Å². The van der Waals surface area contributed by atoms with Gasteiger partial charge in [-0.15, -0.1) is 0 Å². The van der Waals surface area contributed by atoms with Gasteiger partial charge in [0.25, 0.3) is 0 Å². The van der Waals surface area contributed by atoms with Crippen LogP contribution in [0.25, 0.3) is 11.1 Å². The molecule has 0 saturated carbocycles. The van der Waals surface area contributed by atoms with Gasteiger partial charge in [0.1, 0.15) is 5.75 Å². The van der Waals surface area contributed by atoms with Crippen molar-refractivity contribution in [1.29, 1.82) is 0 Å². The zero-order chi connectivity index (χ0) is 19.5. The number of carbonyl (C=O) groups is 1. The van der Waals surface area contributed by atoms with Gasteiger partial charge < -0.3 is 14.8 Å². The summed E-state index contributed by atoms with van der Waals surface area (Å²) in [6.45, 7) is 8.31. The van der Waals surface area contributed by atoms with E-state index in [9.17, 15) is 4.79 Å². The third-order valence-electron chi connectivity index (χ3n) is 5.41. The van der Waals surface area contributed by atoms with Crippen LogP contribution in [0.1, 0.15) is 29.2 Å². The maximum absolute atomic E-state index is 12.6. The maximum Gasteiger partial charge on any atom is 0.234 e. The number of hydrogen-bond acceptors (Lipinski definition) is 4. The van der Waals surface area contributed by atoms with Crippen LogP contribution in [0.2, 0.25) is 0 Å². The molecular weight excluding hydrogens is 352 g/mol. The summed E-state index contributed by atoms with van der Waals surface area (Å²) in [4.78, 5) is 14.7. The fraction of sp³-hybridized carbons (Fsp3) is 0.435. The maximum atomic E-state index is 12.6. The molecule has 2 aromatic rings.